The van der Waals surface area contributed by atoms with Crippen LogP contribution in [-0.2, 0) is 19.5 Å². The number of aryl methyl sites for hydroxylation is 2. The van der Waals surface area contributed by atoms with Crippen LogP contribution < -0.4 is 0 Å². The second-order valence-corrected chi connectivity index (χ2v) is 3.57. The molecule has 2 nitrogen and oxygen atoms in total. The molecule has 17 heavy (non-hydrogen) atoms. The molecule has 0 spiro atoms. The van der Waals surface area contributed by atoms with E-state index >= 15 is 0 Å². The SMILES string of the molecule is Cc1ccccc1O.Cc1ccccc1O.[Ru]. The zero-order valence-electron chi connectivity index (χ0n) is 9.87. The molecule has 2 rings (SSSR count). The number of aromatic hydroxyl groups is 2. The number of hydrogen-bond acceptors (Lipinski definition) is 2. The van der Waals surface area contributed by atoms with Crippen molar-refractivity contribution < 1.29 is 29.7 Å². The van der Waals surface area contributed by atoms with Crippen molar-refractivity contribution in [1.29, 1.82) is 0 Å². The zero-order valence-corrected chi connectivity index (χ0v) is 11.6. The Morgan fingerprint density at radius 3 is 1.12 bits per heavy atom. The quantitative estimate of drug-likeness (QED) is 0.731. The van der Waals surface area contributed by atoms with E-state index in [4.69, 9.17) is 10.2 Å². The van der Waals surface area contributed by atoms with E-state index in [2.05, 4.69) is 0 Å². The number of benzene rings is 2. The maximum absolute atomic E-state index is 8.92. The van der Waals surface area contributed by atoms with Gasteiger partial charge in [0.05, 0.1) is 0 Å². The van der Waals surface area contributed by atoms with Crippen LogP contribution in [0.4, 0.5) is 0 Å². The third-order valence-corrected chi connectivity index (χ3v) is 2.23. The van der Waals surface area contributed by atoms with Gasteiger partial charge >= 0.3 is 0 Å². The minimum absolute atomic E-state index is 0. The number of rotatable bonds is 0. The normalized spacial score (nSPS) is 8.59. The summed E-state index contributed by atoms with van der Waals surface area (Å²) in [5, 5.41) is 17.8. The summed E-state index contributed by atoms with van der Waals surface area (Å²) >= 11 is 0. The van der Waals surface area contributed by atoms with Gasteiger partial charge < -0.3 is 10.2 Å². The Morgan fingerprint density at radius 2 is 0.941 bits per heavy atom. The van der Waals surface area contributed by atoms with Crippen molar-refractivity contribution in [3.05, 3.63) is 59.7 Å². The van der Waals surface area contributed by atoms with Gasteiger partial charge in [-0.05, 0) is 37.1 Å². The monoisotopic (exact) mass is 318 g/mol. The fourth-order valence-electron chi connectivity index (χ4n) is 1.13. The zero-order chi connectivity index (χ0) is 12.0. The standard InChI is InChI=1S/2C7H8O.Ru/c2*1-6-4-2-3-5-7(6)8;/h2*2-5,8H,1H3;. The average Bonchev–Trinajstić information content (AvgIpc) is 2.28. The molecule has 2 N–H and O–H groups in total. The fraction of sp³-hybridized carbons (Fsp3) is 0.143. The molecule has 0 unspecified atom stereocenters. The predicted molar refractivity (Wildman–Crippen MR) is 65.7 cm³/mol. The molecule has 0 bridgehead atoms. The van der Waals surface area contributed by atoms with Crippen molar-refractivity contribution >= 4 is 0 Å². The first kappa shape index (κ1) is 15.7. The molecule has 0 fully saturated rings. The molecule has 0 aliphatic heterocycles. The van der Waals surface area contributed by atoms with E-state index in [0.717, 1.165) is 11.1 Å². The summed E-state index contributed by atoms with van der Waals surface area (Å²) in [6, 6.07) is 14.5. The Kier molecular flexibility index (Phi) is 7.24. The van der Waals surface area contributed by atoms with Crippen molar-refractivity contribution in [3.8, 4) is 11.5 Å². The van der Waals surface area contributed by atoms with Gasteiger partial charge in [0.1, 0.15) is 11.5 Å². The summed E-state index contributed by atoms with van der Waals surface area (Å²) in [6.45, 7) is 3.74. The summed E-state index contributed by atoms with van der Waals surface area (Å²) in [7, 11) is 0. The van der Waals surface area contributed by atoms with Gasteiger partial charge in [-0.15, -0.1) is 0 Å². The maximum atomic E-state index is 8.92. The first-order chi connectivity index (χ1) is 7.61. The van der Waals surface area contributed by atoms with Gasteiger partial charge in [-0.25, -0.2) is 0 Å². The van der Waals surface area contributed by atoms with Crippen LogP contribution in [-0.4, -0.2) is 10.2 Å². The predicted octanol–water partition coefficient (Wildman–Crippen LogP) is 3.40. The van der Waals surface area contributed by atoms with Crippen LogP contribution in [0.2, 0.25) is 0 Å². The molecule has 92 valence electrons. The number of para-hydroxylation sites is 2. The molecular weight excluding hydrogens is 301 g/mol. The Bertz CT molecular complexity index is 370. The van der Waals surface area contributed by atoms with Crippen LogP contribution in [0.1, 0.15) is 11.1 Å². The third kappa shape index (κ3) is 5.51. The second kappa shape index (κ2) is 7.86. The minimum atomic E-state index is 0. The molecule has 0 radical (unpaired) electrons. The average molecular weight is 317 g/mol. The number of phenols is 2. The first-order valence-electron chi connectivity index (χ1n) is 5.10. The summed E-state index contributed by atoms with van der Waals surface area (Å²) in [6.07, 6.45) is 0. The Balaban J connectivity index is 0.000000284. The molecule has 0 aromatic heterocycles. The molecule has 2 aromatic rings. The van der Waals surface area contributed by atoms with Gasteiger partial charge in [-0.1, -0.05) is 36.4 Å². The Labute approximate surface area is 115 Å². The summed E-state index contributed by atoms with van der Waals surface area (Å²) in [5.41, 5.74) is 1.85. The molecule has 0 amide bonds. The van der Waals surface area contributed by atoms with Gasteiger partial charge in [0.25, 0.3) is 0 Å². The minimum Gasteiger partial charge on any atom is -0.508 e. The smallest absolute Gasteiger partial charge is 0.118 e. The third-order valence-electron chi connectivity index (χ3n) is 2.23. The van der Waals surface area contributed by atoms with E-state index in [1.165, 1.54) is 0 Å². The summed E-state index contributed by atoms with van der Waals surface area (Å²) < 4.78 is 0. The van der Waals surface area contributed by atoms with E-state index in [0.29, 0.717) is 11.5 Å². The second-order valence-electron chi connectivity index (χ2n) is 3.57. The van der Waals surface area contributed by atoms with Gasteiger partial charge in [-0.2, -0.15) is 0 Å². The van der Waals surface area contributed by atoms with Crippen LogP contribution in [0.25, 0.3) is 0 Å². The fourth-order valence-corrected chi connectivity index (χ4v) is 1.13. The largest absolute Gasteiger partial charge is 0.508 e. The van der Waals surface area contributed by atoms with E-state index in [1.807, 2.05) is 50.2 Å². The summed E-state index contributed by atoms with van der Waals surface area (Å²) in [5.74, 6) is 0.736. The van der Waals surface area contributed by atoms with Crippen molar-refractivity contribution in [1.82, 2.24) is 0 Å². The van der Waals surface area contributed by atoms with Crippen LogP contribution in [0.15, 0.2) is 48.5 Å². The van der Waals surface area contributed by atoms with Crippen LogP contribution in [0.3, 0.4) is 0 Å². The van der Waals surface area contributed by atoms with Crippen molar-refractivity contribution in [2.45, 2.75) is 13.8 Å². The van der Waals surface area contributed by atoms with Gasteiger partial charge in [0.2, 0.25) is 0 Å². The molecule has 0 aliphatic rings. The van der Waals surface area contributed by atoms with Gasteiger partial charge in [0, 0.05) is 19.5 Å². The molecule has 2 aromatic carbocycles. The molecular formula is C14H16O2Ru. The molecule has 0 saturated heterocycles. The van der Waals surface area contributed by atoms with Gasteiger partial charge in [0.15, 0.2) is 0 Å². The van der Waals surface area contributed by atoms with Crippen molar-refractivity contribution in [2.75, 3.05) is 0 Å². The Morgan fingerprint density at radius 1 is 0.647 bits per heavy atom. The van der Waals surface area contributed by atoms with Crippen molar-refractivity contribution in [3.63, 3.8) is 0 Å². The van der Waals surface area contributed by atoms with E-state index in [9.17, 15) is 0 Å². The first-order valence-corrected chi connectivity index (χ1v) is 5.10. The van der Waals surface area contributed by atoms with Gasteiger partial charge in [-0.3, -0.25) is 0 Å². The molecule has 0 heterocycles. The molecule has 0 atom stereocenters. The molecule has 0 saturated carbocycles. The summed E-state index contributed by atoms with van der Waals surface area (Å²) in [4.78, 5) is 0. The molecule has 0 aliphatic carbocycles. The van der Waals surface area contributed by atoms with E-state index in [1.54, 1.807) is 12.1 Å². The van der Waals surface area contributed by atoms with Crippen LogP contribution in [0.5, 0.6) is 11.5 Å². The number of phenolic OH excluding ortho intramolecular Hbond substituents is 2. The van der Waals surface area contributed by atoms with E-state index < -0.39 is 0 Å². The Hall–Kier alpha value is -1.34. The maximum Gasteiger partial charge on any atom is 0.118 e. The topological polar surface area (TPSA) is 40.5 Å². The number of hydrogen-bond donors (Lipinski definition) is 2. The van der Waals surface area contributed by atoms with E-state index in [-0.39, 0.29) is 19.5 Å². The molecule has 3 heteroatoms. The van der Waals surface area contributed by atoms with Crippen LogP contribution in [0, 0.1) is 13.8 Å². The van der Waals surface area contributed by atoms with Crippen molar-refractivity contribution in [2.24, 2.45) is 0 Å². The van der Waals surface area contributed by atoms with Crippen LogP contribution >= 0.6 is 0 Å².